The van der Waals surface area contributed by atoms with Gasteiger partial charge < -0.3 is 5.32 Å². The molecule has 19 heavy (non-hydrogen) atoms. The first-order valence-corrected chi connectivity index (χ1v) is 8.06. The molecule has 0 radical (unpaired) electrons. The van der Waals surface area contributed by atoms with Gasteiger partial charge in [-0.05, 0) is 66.4 Å². The summed E-state index contributed by atoms with van der Waals surface area (Å²) in [6, 6.07) is 9.66. The fourth-order valence-electron chi connectivity index (χ4n) is 3.02. The minimum atomic E-state index is 0.357. The largest absolute Gasteiger partial charge is 0.306 e. The first kappa shape index (κ1) is 12.9. The van der Waals surface area contributed by atoms with Crippen LogP contribution in [0.25, 0.3) is 0 Å². The van der Waals surface area contributed by atoms with Crippen molar-refractivity contribution in [2.75, 3.05) is 6.54 Å². The van der Waals surface area contributed by atoms with E-state index in [2.05, 4.69) is 48.8 Å². The third-order valence-electron chi connectivity index (χ3n) is 4.03. The molecule has 0 saturated carbocycles. The number of nitrogens with one attached hydrogen (secondary N) is 1. The molecule has 1 aromatic carbocycles. The topological polar surface area (TPSA) is 12.0 Å². The molecular formula is C17H21NS. The molecule has 1 nitrogen and oxygen atoms in total. The fourth-order valence-corrected chi connectivity index (χ4v) is 4.05. The first-order chi connectivity index (χ1) is 9.29. The van der Waals surface area contributed by atoms with E-state index in [1.807, 2.05) is 11.3 Å². The Morgan fingerprint density at radius 1 is 1.21 bits per heavy atom. The van der Waals surface area contributed by atoms with Crippen molar-refractivity contribution in [3.05, 3.63) is 56.8 Å². The lowest BCUT2D eigenvalue weighted by molar-refractivity contribution is 0.636. The predicted octanol–water partition coefficient (Wildman–Crippen LogP) is 4.24. The summed E-state index contributed by atoms with van der Waals surface area (Å²) >= 11 is 1.86. The Morgan fingerprint density at radius 2 is 2.05 bits per heavy atom. The summed E-state index contributed by atoms with van der Waals surface area (Å²) in [5.41, 5.74) is 5.95. The van der Waals surface area contributed by atoms with Gasteiger partial charge in [0.1, 0.15) is 0 Å². The molecule has 100 valence electrons. The van der Waals surface area contributed by atoms with Gasteiger partial charge in [0.2, 0.25) is 0 Å². The van der Waals surface area contributed by atoms with E-state index in [1.165, 1.54) is 35.3 Å². The average molecular weight is 271 g/mol. The number of rotatable bonds is 4. The zero-order valence-electron chi connectivity index (χ0n) is 11.7. The van der Waals surface area contributed by atoms with Crippen LogP contribution < -0.4 is 5.32 Å². The second-order valence-corrected chi connectivity index (χ2v) is 6.29. The molecule has 1 aliphatic rings. The van der Waals surface area contributed by atoms with Crippen LogP contribution in [0.3, 0.4) is 0 Å². The summed E-state index contributed by atoms with van der Waals surface area (Å²) in [5, 5.41) is 5.84. The zero-order chi connectivity index (χ0) is 13.2. The third kappa shape index (κ3) is 2.47. The summed E-state index contributed by atoms with van der Waals surface area (Å²) in [6.45, 7) is 5.39. The maximum Gasteiger partial charge on any atom is 0.0673 e. The fraction of sp³-hybridized carbons (Fsp3) is 0.412. The molecule has 1 unspecified atom stereocenters. The lowest BCUT2D eigenvalue weighted by Crippen LogP contribution is -2.21. The van der Waals surface area contributed by atoms with Crippen LogP contribution in [0.5, 0.6) is 0 Å². The van der Waals surface area contributed by atoms with Crippen molar-refractivity contribution < 1.29 is 0 Å². The highest BCUT2D eigenvalue weighted by atomic mass is 32.1. The predicted molar refractivity (Wildman–Crippen MR) is 83.0 cm³/mol. The maximum atomic E-state index is 3.64. The molecule has 1 aliphatic carbocycles. The van der Waals surface area contributed by atoms with Crippen LogP contribution in [-0.4, -0.2) is 6.54 Å². The average Bonchev–Trinajstić information content (AvgIpc) is 3.03. The minimum Gasteiger partial charge on any atom is -0.306 e. The van der Waals surface area contributed by atoms with Gasteiger partial charge in [0.05, 0.1) is 6.04 Å². The van der Waals surface area contributed by atoms with Gasteiger partial charge >= 0.3 is 0 Å². The molecule has 2 aromatic rings. The number of thiophene rings is 1. The van der Waals surface area contributed by atoms with Gasteiger partial charge in [-0.25, -0.2) is 0 Å². The van der Waals surface area contributed by atoms with Crippen LogP contribution in [-0.2, 0) is 12.8 Å². The molecule has 1 aromatic heterocycles. The highest BCUT2D eigenvalue weighted by Crippen LogP contribution is 2.32. The molecule has 2 heteroatoms. The molecule has 1 heterocycles. The van der Waals surface area contributed by atoms with E-state index < -0.39 is 0 Å². The SMILES string of the molecule is CCNC(c1ccc2c(c1)CCC2)c1sccc1C. The quantitative estimate of drug-likeness (QED) is 0.877. The third-order valence-corrected chi connectivity index (χ3v) is 5.11. The van der Waals surface area contributed by atoms with Crippen LogP contribution in [0, 0.1) is 6.92 Å². The molecule has 0 aliphatic heterocycles. The molecular weight excluding hydrogens is 250 g/mol. The van der Waals surface area contributed by atoms with Crippen LogP contribution in [0.1, 0.15) is 46.5 Å². The van der Waals surface area contributed by atoms with Crippen molar-refractivity contribution in [3.8, 4) is 0 Å². The summed E-state index contributed by atoms with van der Waals surface area (Å²) < 4.78 is 0. The molecule has 3 rings (SSSR count). The van der Waals surface area contributed by atoms with Crippen molar-refractivity contribution in [1.29, 1.82) is 0 Å². The van der Waals surface area contributed by atoms with Gasteiger partial charge in [0.25, 0.3) is 0 Å². The van der Waals surface area contributed by atoms with Gasteiger partial charge in [-0.15, -0.1) is 11.3 Å². The van der Waals surface area contributed by atoms with E-state index in [-0.39, 0.29) is 0 Å². The van der Waals surface area contributed by atoms with Gasteiger partial charge in [0, 0.05) is 4.88 Å². The minimum absolute atomic E-state index is 0.357. The summed E-state index contributed by atoms with van der Waals surface area (Å²) in [6.07, 6.45) is 3.84. The Balaban J connectivity index is 1.98. The lowest BCUT2D eigenvalue weighted by Gasteiger charge is -2.19. The van der Waals surface area contributed by atoms with E-state index in [0.717, 1.165) is 6.54 Å². The smallest absolute Gasteiger partial charge is 0.0673 e. The highest BCUT2D eigenvalue weighted by Gasteiger charge is 2.19. The summed E-state index contributed by atoms with van der Waals surface area (Å²) in [5.74, 6) is 0. The molecule has 1 N–H and O–H groups in total. The first-order valence-electron chi connectivity index (χ1n) is 7.18. The van der Waals surface area contributed by atoms with Crippen molar-refractivity contribution in [2.45, 2.75) is 39.2 Å². The van der Waals surface area contributed by atoms with Crippen LogP contribution in [0.15, 0.2) is 29.6 Å². The number of hydrogen-bond donors (Lipinski definition) is 1. The molecule has 0 saturated heterocycles. The van der Waals surface area contributed by atoms with E-state index in [0.29, 0.717) is 6.04 Å². The number of hydrogen-bond acceptors (Lipinski definition) is 2. The Bertz CT molecular complexity index is 570. The van der Waals surface area contributed by atoms with Gasteiger partial charge in [-0.3, -0.25) is 0 Å². The van der Waals surface area contributed by atoms with Crippen molar-refractivity contribution >= 4 is 11.3 Å². The van der Waals surface area contributed by atoms with Crippen molar-refractivity contribution in [1.82, 2.24) is 5.32 Å². The van der Waals surface area contributed by atoms with Crippen molar-refractivity contribution in [3.63, 3.8) is 0 Å². The standard InChI is InChI=1S/C17H21NS/c1-3-18-16(17-12(2)9-10-19-17)15-8-7-13-5-4-6-14(13)11-15/h7-11,16,18H,3-6H2,1-2H3. The molecule has 0 fully saturated rings. The summed E-state index contributed by atoms with van der Waals surface area (Å²) in [7, 11) is 0. The second-order valence-electron chi connectivity index (χ2n) is 5.34. The van der Waals surface area contributed by atoms with E-state index >= 15 is 0 Å². The Morgan fingerprint density at radius 3 is 2.79 bits per heavy atom. The molecule has 1 atom stereocenters. The normalized spacial score (nSPS) is 15.5. The van der Waals surface area contributed by atoms with Gasteiger partial charge in [-0.2, -0.15) is 0 Å². The lowest BCUT2D eigenvalue weighted by atomic mass is 9.98. The highest BCUT2D eigenvalue weighted by molar-refractivity contribution is 7.10. The van der Waals surface area contributed by atoms with Gasteiger partial charge in [-0.1, -0.05) is 25.1 Å². The zero-order valence-corrected chi connectivity index (χ0v) is 12.5. The summed E-state index contributed by atoms with van der Waals surface area (Å²) in [4.78, 5) is 1.46. The van der Waals surface area contributed by atoms with Crippen LogP contribution in [0.2, 0.25) is 0 Å². The number of fused-ring (bicyclic) bond motifs is 1. The molecule has 0 amide bonds. The van der Waals surface area contributed by atoms with E-state index in [9.17, 15) is 0 Å². The maximum absolute atomic E-state index is 3.64. The van der Waals surface area contributed by atoms with Crippen LogP contribution >= 0.6 is 11.3 Å². The Labute approximate surface area is 119 Å². The van der Waals surface area contributed by atoms with Crippen molar-refractivity contribution in [2.24, 2.45) is 0 Å². The molecule has 0 bridgehead atoms. The van der Waals surface area contributed by atoms with E-state index in [4.69, 9.17) is 0 Å². The number of benzene rings is 1. The monoisotopic (exact) mass is 271 g/mol. The second kappa shape index (κ2) is 5.48. The van der Waals surface area contributed by atoms with Gasteiger partial charge in [0.15, 0.2) is 0 Å². The number of aryl methyl sites for hydroxylation is 3. The van der Waals surface area contributed by atoms with Crippen LogP contribution in [0.4, 0.5) is 0 Å². The van der Waals surface area contributed by atoms with E-state index in [1.54, 1.807) is 11.1 Å². The Kier molecular flexibility index (Phi) is 3.72. The Hall–Kier alpha value is -1.12. The molecule has 0 spiro atoms.